The number of aryl methyl sites for hydroxylation is 3. The summed E-state index contributed by atoms with van der Waals surface area (Å²) >= 11 is 0. The number of amides is 3. The predicted molar refractivity (Wildman–Crippen MR) is 273 cm³/mol. The molecule has 6 aromatic rings. The average molecular weight is 966 g/mol. The predicted octanol–water partition coefficient (Wildman–Crippen LogP) is 5.90. The Balaban J connectivity index is 0.721. The van der Waals surface area contributed by atoms with E-state index in [4.69, 9.17) is 0 Å². The Hall–Kier alpha value is -6.69. The Morgan fingerprint density at radius 2 is 1.68 bits per heavy atom. The van der Waals surface area contributed by atoms with Crippen LogP contribution in [0.15, 0.2) is 82.7 Å². The van der Waals surface area contributed by atoms with Gasteiger partial charge in [0.1, 0.15) is 17.5 Å². The number of nitrogens with zero attached hydrogens (tertiary/aromatic N) is 9. The van der Waals surface area contributed by atoms with Gasteiger partial charge in [0.25, 0.3) is 11.5 Å². The number of halogens is 1. The molecule has 3 saturated heterocycles. The molecule has 0 spiro atoms. The maximum atomic E-state index is 16.2. The molecular weight excluding hydrogens is 902 g/mol. The van der Waals surface area contributed by atoms with Crippen molar-refractivity contribution in [2.24, 2.45) is 14.1 Å². The molecule has 0 radical (unpaired) electrons. The molecule has 17 heteroatoms. The van der Waals surface area contributed by atoms with Gasteiger partial charge in [0.05, 0.1) is 16.7 Å². The van der Waals surface area contributed by atoms with Crippen LogP contribution in [0.4, 0.5) is 10.1 Å². The minimum Gasteiger partial charge on any atom is -0.388 e. The Labute approximate surface area is 412 Å². The molecule has 0 bridgehead atoms. The van der Waals surface area contributed by atoms with Crippen molar-refractivity contribution >= 4 is 51.0 Å². The molecule has 8 heterocycles. The van der Waals surface area contributed by atoms with Crippen molar-refractivity contribution in [3.8, 4) is 5.69 Å². The Morgan fingerprint density at radius 3 is 2.37 bits per heavy atom. The van der Waals surface area contributed by atoms with E-state index in [0.717, 1.165) is 115 Å². The largest absolute Gasteiger partial charge is 0.388 e. The Morgan fingerprint density at radius 1 is 0.901 bits per heavy atom. The number of aromatic nitrogens is 5. The Bertz CT molecular complexity index is 3200. The third kappa shape index (κ3) is 9.03. The van der Waals surface area contributed by atoms with E-state index in [1.54, 1.807) is 41.7 Å². The molecule has 71 heavy (non-hydrogen) atoms. The second-order valence-corrected chi connectivity index (χ2v) is 20.1. The van der Waals surface area contributed by atoms with Crippen molar-refractivity contribution in [2.45, 2.75) is 89.5 Å². The summed E-state index contributed by atoms with van der Waals surface area (Å²) in [5.74, 6) is -1.26. The fraction of sp³-hybridized carbons (Fsp3) is 0.444. The van der Waals surface area contributed by atoms with Gasteiger partial charge in [-0.2, -0.15) is 0 Å². The highest BCUT2D eigenvalue weighted by Gasteiger charge is 2.34. The SMILES string of the molecule is CNc1ccn(-c2ccnc3c2cc([C@H](C)N2CC=C(c4c(C)cc(C(=O)N(C)C5CCN(C6CCN(Cc7ccc8c(c7)n(C)c(=O)n8C7CCC(=O)NC7=O)CC6)CC5)cc4F)CC2)n3C)c(=O)c1. The monoisotopic (exact) mass is 966 g/mol. The molecule has 2 atom stereocenters. The van der Waals surface area contributed by atoms with Gasteiger partial charge >= 0.3 is 5.69 Å². The molecule has 16 nitrogen and oxygen atoms in total. The lowest BCUT2D eigenvalue weighted by Gasteiger charge is -2.43. The summed E-state index contributed by atoms with van der Waals surface area (Å²) in [6, 6.07) is 16.6. The van der Waals surface area contributed by atoms with E-state index in [-0.39, 0.29) is 47.4 Å². The van der Waals surface area contributed by atoms with Crippen molar-refractivity contribution < 1.29 is 18.8 Å². The zero-order valence-electron chi connectivity index (χ0n) is 41.6. The first-order valence-corrected chi connectivity index (χ1v) is 25.0. The molecule has 4 aliphatic rings. The van der Waals surface area contributed by atoms with Crippen molar-refractivity contribution in [3.63, 3.8) is 0 Å². The van der Waals surface area contributed by atoms with Crippen LogP contribution in [0.3, 0.4) is 0 Å². The molecule has 2 N–H and O–H groups in total. The van der Waals surface area contributed by atoms with Crippen molar-refractivity contribution in [1.29, 1.82) is 0 Å². The normalized spacial score (nSPS) is 19.6. The molecule has 372 valence electrons. The molecule has 0 aliphatic carbocycles. The number of nitrogens with one attached hydrogen (secondary N) is 2. The third-order valence-corrected chi connectivity index (χ3v) is 16.0. The fourth-order valence-electron chi connectivity index (χ4n) is 11.8. The third-order valence-electron chi connectivity index (χ3n) is 16.0. The highest BCUT2D eigenvalue weighted by molar-refractivity contribution is 6.00. The number of likely N-dealkylation sites (tertiary alicyclic amines) is 2. The number of hydrogen-bond donors (Lipinski definition) is 2. The first kappa shape index (κ1) is 48.0. The molecule has 1 unspecified atom stereocenters. The van der Waals surface area contributed by atoms with Gasteiger partial charge in [-0.25, -0.2) is 14.2 Å². The van der Waals surface area contributed by atoms with Crippen molar-refractivity contribution in [1.82, 2.24) is 48.2 Å². The highest BCUT2D eigenvalue weighted by atomic mass is 19.1. The van der Waals surface area contributed by atoms with Crippen LogP contribution in [0.25, 0.3) is 33.3 Å². The van der Waals surface area contributed by atoms with E-state index in [9.17, 15) is 24.0 Å². The lowest BCUT2D eigenvalue weighted by atomic mass is 9.92. The fourth-order valence-corrected chi connectivity index (χ4v) is 11.8. The summed E-state index contributed by atoms with van der Waals surface area (Å²) in [5, 5.41) is 6.29. The zero-order valence-corrected chi connectivity index (χ0v) is 41.6. The van der Waals surface area contributed by atoms with Crippen LogP contribution < -0.4 is 21.9 Å². The molecular formula is C54H64FN11O5. The number of anilines is 1. The maximum Gasteiger partial charge on any atom is 0.329 e. The van der Waals surface area contributed by atoms with Crippen LogP contribution in [-0.4, -0.2) is 126 Å². The smallest absolute Gasteiger partial charge is 0.329 e. The lowest BCUT2D eigenvalue weighted by Crippen LogP contribution is -2.51. The summed E-state index contributed by atoms with van der Waals surface area (Å²) in [7, 11) is 7.37. The maximum absolute atomic E-state index is 16.2. The van der Waals surface area contributed by atoms with Gasteiger partial charge in [-0.05, 0) is 125 Å². The van der Waals surface area contributed by atoms with Crippen LogP contribution in [0.5, 0.6) is 0 Å². The molecule has 3 fully saturated rings. The topological polar surface area (TPSA) is 155 Å². The number of piperidine rings is 3. The number of carbonyl (C=O) groups is 3. The highest BCUT2D eigenvalue weighted by Crippen LogP contribution is 2.35. The molecule has 10 rings (SSSR count). The number of imidazole rings is 1. The average Bonchev–Trinajstić information content (AvgIpc) is 3.84. The van der Waals surface area contributed by atoms with Gasteiger partial charge in [0, 0.05) is 132 Å². The quantitative estimate of drug-likeness (QED) is 0.150. The van der Waals surface area contributed by atoms with E-state index in [1.165, 1.54) is 10.6 Å². The number of pyridine rings is 2. The second-order valence-electron chi connectivity index (χ2n) is 20.1. The number of fused-ring (bicyclic) bond motifs is 2. The van der Waals surface area contributed by atoms with E-state index < -0.39 is 11.9 Å². The van der Waals surface area contributed by atoms with E-state index >= 15 is 4.39 Å². The van der Waals surface area contributed by atoms with Gasteiger partial charge in [-0.15, -0.1) is 0 Å². The summed E-state index contributed by atoms with van der Waals surface area (Å²) in [6.07, 6.45) is 10.6. The minimum atomic E-state index is -0.704. The Kier molecular flexibility index (Phi) is 13.2. The number of imide groups is 1. The van der Waals surface area contributed by atoms with Crippen LogP contribution in [0, 0.1) is 12.7 Å². The second kappa shape index (κ2) is 19.5. The summed E-state index contributed by atoms with van der Waals surface area (Å²) < 4.78 is 23.0. The molecule has 3 amide bonds. The number of benzene rings is 2. The first-order valence-electron chi connectivity index (χ1n) is 25.0. The van der Waals surface area contributed by atoms with E-state index in [0.29, 0.717) is 42.1 Å². The van der Waals surface area contributed by atoms with E-state index in [1.807, 2.05) is 62.3 Å². The molecule has 4 aliphatic heterocycles. The number of carbonyl (C=O) groups excluding carboxylic acids is 3. The number of hydrogen-bond acceptors (Lipinski definition) is 10. The van der Waals surface area contributed by atoms with Crippen LogP contribution in [0.2, 0.25) is 0 Å². The first-order chi connectivity index (χ1) is 34.2. The van der Waals surface area contributed by atoms with Gasteiger partial charge in [0.15, 0.2) is 0 Å². The van der Waals surface area contributed by atoms with Crippen LogP contribution >= 0.6 is 0 Å². The summed E-state index contributed by atoms with van der Waals surface area (Å²) in [4.78, 5) is 78.5. The minimum absolute atomic E-state index is 0.0278. The molecule has 2 aromatic carbocycles. The van der Waals surface area contributed by atoms with Gasteiger partial charge in [-0.3, -0.25) is 48.0 Å². The van der Waals surface area contributed by atoms with Gasteiger partial charge in [0.2, 0.25) is 11.8 Å². The molecule has 4 aromatic heterocycles. The van der Waals surface area contributed by atoms with Crippen LogP contribution in [-0.2, 0) is 30.2 Å². The summed E-state index contributed by atoms with van der Waals surface area (Å²) in [5.41, 5.74) is 8.24. The zero-order chi connectivity index (χ0) is 49.8. The number of rotatable bonds is 11. The standard InChI is InChI=1S/C54H64FN11O5/c1-33-27-37(29-42(55)50(33)36-12-22-63(23-13-36)34(2)46-31-41-43(11-19-57-51(41)60(46)5)65-26-14-38(56-3)30-49(65)68)53(70)59(4)39-17-24-64(25-18-39)40-15-20-62(21-16-40)32-35-7-8-44-47(28-35)61(6)54(71)66(44)45-9-10-48(67)58-52(45)69/h7-8,11-12,14,19,26-31,34,39-40,45,56H,9-10,13,15-18,20-25,32H2,1-6H3,(H,58,67,69)/t34-,45?/m0/s1. The molecule has 0 saturated carbocycles. The summed E-state index contributed by atoms with van der Waals surface area (Å²) in [6.45, 7) is 9.92. The lowest BCUT2D eigenvalue weighted by molar-refractivity contribution is -0.135. The van der Waals surface area contributed by atoms with Crippen LogP contribution in [0.1, 0.15) is 96.7 Å². The van der Waals surface area contributed by atoms with Crippen molar-refractivity contribution in [2.75, 3.05) is 58.7 Å². The van der Waals surface area contributed by atoms with Gasteiger partial charge in [-0.1, -0.05) is 12.1 Å². The van der Waals surface area contributed by atoms with E-state index in [2.05, 4.69) is 54.0 Å². The van der Waals surface area contributed by atoms with Crippen molar-refractivity contribution in [3.05, 3.63) is 128 Å². The van der Waals surface area contributed by atoms with Gasteiger partial charge < -0.3 is 19.7 Å².